The van der Waals surface area contributed by atoms with E-state index in [0.717, 1.165) is 24.8 Å². The van der Waals surface area contributed by atoms with Gasteiger partial charge in [-0.25, -0.2) is 4.98 Å². The molecule has 1 N–H and O–H groups in total. The number of hydrogen-bond acceptors (Lipinski definition) is 3. The van der Waals surface area contributed by atoms with E-state index in [1.807, 2.05) is 24.6 Å². The van der Waals surface area contributed by atoms with Gasteiger partial charge in [-0.3, -0.25) is 4.21 Å². The Bertz CT molecular complexity index is 298. The highest BCUT2D eigenvalue weighted by atomic mass is 32.2. The number of aryl methyl sites for hydroxylation is 1. The molecule has 1 heterocycles. The summed E-state index contributed by atoms with van der Waals surface area (Å²) >= 11 is 0. The third kappa shape index (κ3) is 3.14. The minimum Gasteiger partial charge on any atom is -0.356 e. The first-order chi connectivity index (χ1) is 6.77. The topological polar surface area (TPSA) is 46.9 Å². The predicted octanol–water partition coefficient (Wildman–Crippen LogP) is 1.08. The Kier molecular flexibility index (Phi) is 4.65. The van der Waals surface area contributed by atoms with Crippen LogP contribution in [0.4, 0.5) is 5.95 Å². The summed E-state index contributed by atoms with van der Waals surface area (Å²) in [7, 11) is -0.700. The molecule has 0 radical (unpaired) electrons. The first-order valence-corrected chi connectivity index (χ1v) is 6.36. The summed E-state index contributed by atoms with van der Waals surface area (Å²) in [6.07, 6.45) is 3.66. The van der Waals surface area contributed by atoms with Crippen LogP contribution >= 0.6 is 0 Å². The average molecular weight is 215 g/mol. The lowest BCUT2D eigenvalue weighted by Crippen LogP contribution is -2.12. The van der Waals surface area contributed by atoms with Crippen molar-refractivity contribution in [2.24, 2.45) is 0 Å². The van der Waals surface area contributed by atoms with Crippen LogP contribution in [0.2, 0.25) is 0 Å². The Labute approximate surface area is 87.2 Å². The molecule has 14 heavy (non-hydrogen) atoms. The molecule has 1 aromatic rings. The zero-order valence-electron chi connectivity index (χ0n) is 8.69. The van der Waals surface area contributed by atoms with Crippen LogP contribution in [0.25, 0.3) is 0 Å². The van der Waals surface area contributed by atoms with E-state index in [-0.39, 0.29) is 0 Å². The normalized spacial score (nSPS) is 12.7. The number of aromatic nitrogens is 2. The lowest BCUT2D eigenvalue weighted by atomic mass is 10.7. The lowest BCUT2D eigenvalue weighted by molar-refractivity contribution is 0.675. The van der Waals surface area contributed by atoms with Crippen molar-refractivity contribution in [3.63, 3.8) is 0 Å². The Balaban J connectivity index is 2.49. The van der Waals surface area contributed by atoms with Crippen LogP contribution in [0.5, 0.6) is 0 Å². The van der Waals surface area contributed by atoms with Gasteiger partial charge in [0, 0.05) is 47.8 Å². The third-order valence-electron chi connectivity index (χ3n) is 1.93. The van der Waals surface area contributed by atoms with Gasteiger partial charge in [0.15, 0.2) is 0 Å². The first kappa shape index (κ1) is 11.2. The van der Waals surface area contributed by atoms with Crippen LogP contribution in [0.1, 0.15) is 13.8 Å². The molecule has 0 saturated carbocycles. The van der Waals surface area contributed by atoms with Gasteiger partial charge in [0.2, 0.25) is 5.95 Å². The van der Waals surface area contributed by atoms with Crippen LogP contribution in [-0.4, -0.2) is 31.8 Å². The standard InChI is InChI=1S/C9H17N3OS/c1-3-10-9-11-5-6-12(9)7-8-14(13)4-2/h5-6H,3-4,7-8H2,1-2H3,(H,10,11). The summed E-state index contributed by atoms with van der Waals surface area (Å²) in [4.78, 5) is 4.16. The van der Waals surface area contributed by atoms with Gasteiger partial charge >= 0.3 is 0 Å². The molecular weight excluding hydrogens is 198 g/mol. The second kappa shape index (κ2) is 5.80. The van der Waals surface area contributed by atoms with E-state index in [4.69, 9.17) is 0 Å². The van der Waals surface area contributed by atoms with E-state index in [9.17, 15) is 4.21 Å². The maximum Gasteiger partial charge on any atom is 0.202 e. The van der Waals surface area contributed by atoms with E-state index >= 15 is 0 Å². The molecule has 1 unspecified atom stereocenters. The van der Waals surface area contributed by atoms with E-state index in [1.165, 1.54) is 0 Å². The Morgan fingerprint density at radius 1 is 1.57 bits per heavy atom. The van der Waals surface area contributed by atoms with Crippen LogP contribution in [0, 0.1) is 0 Å². The molecule has 1 atom stereocenters. The fraction of sp³-hybridized carbons (Fsp3) is 0.667. The number of nitrogens with zero attached hydrogens (tertiary/aromatic N) is 2. The van der Waals surface area contributed by atoms with Crippen molar-refractivity contribution in [1.82, 2.24) is 9.55 Å². The molecule has 80 valence electrons. The molecule has 0 aliphatic heterocycles. The van der Waals surface area contributed by atoms with Gasteiger partial charge in [-0.1, -0.05) is 6.92 Å². The molecule has 0 amide bonds. The molecule has 5 heteroatoms. The third-order valence-corrected chi connectivity index (χ3v) is 3.21. The summed E-state index contributed by atoms with van der Waals surface area (Å²) in [6, 6.07) is 0. The van der Waals surface area contributed by atoms with Gasteiger partial charge in [-0.05, 0) is 6.92 Å². The quantitative estimate of drug-likeness (QED) is 0.772. The molecule has 1 aromatic heterocycles. The zero-order chi connectivity index (χ0) is 10.4. The summed E-state index contributed by atoms with van der Waals surface area (Å²) in [5, 5.41) is 3.15. The zero-order valence-corrected chi connectivity index (χ0v) is 9.51. The van der Waals surface area contributed by atoms with E-state index in [1.54, 1.807) is 6.20 Å². The van der Waals surface area contributed by atoms with Crippen LogP contribution in [0.3, 0.4) is 0 Å². The number of hydrogen-bond donors (Lipinski definition) is 1. The minimum atomic E-state index is -0.700. The van der Waals surface area contributed by atoms with E-state index < -0.39 is 10.8 Å². The van der Waals surface area contributed by atoms with Gasteiger partial charge in [-0.15, -0.1) is 0 Å². The van der Waals surface area contributed by atoms with Crippen molar-refractivity contribution < 1.29 is 4.21 Å². The first-order valence-electron chi connectivity index (χ1n) is 4.87. The van der Waals surface area contributed by atoms with Crippen molar-refractivity contribution in [3.05, 3.63) is 12.4 Å². The molecule has 0 aromatic carbocycles. The van der Waals surface area contributed by atoms with Crippen molar-refractivity contribution in [2.45, 2.75) is 20.4 Å². The van der Waals surface area contributed by atoms with Crippen molar-refractivity contribution in [2.75, 3.05) is 23.4 Å². The second-order valence-corrected chi connectivity index (χ2v) is 4.77. The monoisotopic (exact) mass is 215 g/mol. The summed E-state index contributed by atoms with van der Waals surface area (Å²) in [5.41, 5.74) is 0. The fourth-order valence-corrected chi connectivity index (χ4v) is 1.85. The molecule has 0 aliphatic rings. The molecule has 0 saturated heterocycles. The van der Waals surface area contributed by atoms with Gasteiger partial charge in [-0.2, -0.15) is 0 Å². The molecule has 0 fully saturated rings. The van der Waals surface area contributed by atoms with Gasteiger partial charge < -0.3 is 9.88 Å². The predicted molar refractivity (Wildman–Crippen MR) is 59.9 cm³/mol. The highest BCUT2D eigenvalue weighted by Gasteiger charge is 2.02. The SMILES string of the molecule is CCNc1nccn1CCS(=O)CC. The Hall–Kier alpha value is -0.840. The smallest absolute Gasteiger partial charge is 0.202 e. The van der Waals surface area contributed by atoms with E-state index in [2.05, 4.69) is 10.3 Å². The average Bonchev–Trinajstić information content (AvgIpc) is 2.62. The van der Waals surface area contributed by atoms with Crippen molar-refractivity contribution in [1.29, 1.82) is 0 Å². The van der Waals surface area contributed by atoms with Crippen molar-refractivity contribution in [3.8, 4) is 0 Å². The summed E-state index contributed by atoms with van der Waals surface area (Å²) < 4.78 is 13.2. The van der Waals surface area contributed by atoms with Crippen LogP contribution in [-0.2, 0) is 17.3 Å². The maximum absolute atomic E-state index is 11.2. The summed E-state index contributed by atoms with van der Waals surface area (Å²) in [5.74, 6) is 2.29. The highest BCUT2D eigenvalue weighted by Crippen LogP contribution is 2.03. The van der Waals surface area contributed by atoms with Crippen molar-refractivity contribution >= 4 is 16.7 Å². The fourth-order valence-electron chi connectivity index (χ4n) is 1.16. The molecule has 1 rings (SSSR count). The lowest BCUT2D eigenvalue weighted by Gasteiger charge is -2.07. The number of nitrogens with one attached hydrogen (secondary N) is 1. The largest absolute Gasteiger partial charge is 0.356 e. The molecule has 0 bridgehead atoms. The Morgan fingerprint density at radius 3 is 3.00 bits per heavy atom. The number of anilines is 1. The van der Waals surface area contributed by atoms with Crippen LogP contribution < -0.4 is 5.32 Å². The number of rotatable bonds is 6. The second-order valence-electron chi connectivity index (χ2n) is 2.91. The van der Waals surface area contributed by atoms with Crippen LogP contribution in [0.15, 0.2) is 12.4 Å². The molecule has 4 nitrogen and oxygen atoms in total. The molecule has 0 spiro atoms. The maximum atomic E-state index is 11.2. The van der Waals surface area contributed by atoms with E-state index in [0.29, 0.717) is 5.75 Å². The highest BCUT2D eigenvalue weighted by molar-refractivity contribution is 7.84. The van der Waals surface area contributed by atoms with Gasteiger partial charge in [0.1, 0.15) is 0 Å². The molecular formula is C9H17N3OS. The number of imidazole rings is 1. The van der Waals surface area contributed by atoms with Gasteiger partial charge in [0.25, 0.3) is 0 Å². The minimum absolute atomic E-state index is 0.700. The Morgan fingerprint density at radius 2 is 2.36 bits per heavy atom. The summed E-state index contributed by atoms with van der Waals surface area (Å²) in [6.45, 7) is 5.59. The molecule has 0 aliphatic carbocycles. The van der Waals surface area contributed by atoms with Gasteiger partial charge in [0.05, 0.1) is 0 Å².